The molecule has 1 amide bonds. The maximum Gasteiger partial charge on any atom is 0.277 e. The van der Waals surface area contributed by atoms with Crippen molar-refractivity contribution in [3.8, 4) is 5.75 Å². The fraction of sp³-hybridized carbons (Fsp3) is 0.133. The van der Waals surface area contributed by atoms with E-state index in [4.69, 9.17) is 16.3 Å². The van der Waals surface area contributed by atoms with Crippen LogP contribution in [-0.2, 0) is 4.79 Å². The average Bonchev–Trinajstić information content (AvgIpc) is 2.42. The first-order chi connectivity index (χ1) is 9.51. The highest BCUT2D eigenvalue weighted by atomic mass is 35.5. The summed E-state index contributed by atoms with van der Waals surface area (Å²) < 4.78 is 5.02. The second kappa shape index (κ2) is 5.84. The number of aliphatic imine (C=N–C) groups is 1. The molecule has 0 N–H and O–H groups in total. The number of amides is 1. The third-order valence-corrected chi connectivity index (χ3v) is 3.07. The quantitative estimate of drug-likeness (QED) is 0.787. The number of ether oxygens (including phenoxy) is 1. The second-order valence-electron chi connectivity index (χ2n) is 4.22. The van der Waals surface area contributed by atoms with Gasteiger partial charge < -0.3 is 4.74 Å². The molecule has 0 aliphatic heterocycles. The minimum Gasteiger partial charge on any atom is -0.497 e. The van der Waals surface area contributed by atoms with Gasteiger partial charge in [-0.1, -0.05) is 11.6 Å². The monoisotopic (exact) mass is 289 g/mol. The summed E-state index contributed by atoms with van der Waals surface area (Å²) in [4.78, 5) is 27.3. The number of hydrogen-bond acceptors (Lipinski definition) is 3. The van der Waals surface area contributed by atoms with Crippen LogP contribution in [-0.4, -0.2) is 24.5 Å². The smallest absolute Gasteiger partial charge is 0.277 e. The van der Waals surface area contributed by atoms with Crippen molar-refractivity contribution >= 4 is 29.0 Å². The summed E-state index contributed by atoms with van der Waals surface area (Å²) in [6.45, 7) is 1.69. The maximum atomic E-state index is 12.1. The molecular formula is C15H12ClNO3. The van der Waals surface area contributed by atoms with Crippen molar-refractivity contribution < 1.29 is 14.3 Å². The Morgan fingerprint density at radius 1 is 1.20 bits per heavy atom. The van der Waals surface area contributed by atoms with Gasteiger partial charge in [-0.15, -0.1) is 0 Å². The Bertz CT molecular complexity index is 630. The van der Waals surface area contributed by atoms with E-state index in [1.165, 1.54) is 12.2 Å². The van der Waals surface area contributed by atoms with Gasteiger partial charge >= 0.3 is 0 Å². The van der Waals surface area contributed by atoms with Crippen LogP contribution in [0.2, 0.25) is 0 Å². The van der Waals surface area contributed by atoms with Crippen molar-refractivity contribution in [2.45, 2.75) is 6.92 Å². The molecule has 1 aromatic rings. The fourth-order valence-electron chi connectivity index (χ4n) is 1.75. The number of rotatable bonds is 2. The normalized spacial score (nSPS) is 16.8. The van der Waals surface area contributed by atoms with Crippen LogP contribution in [0, 0.1) is 0 Å². The van der Waals surface area contributed by atoms with E-state index in [0.717, 1.165) is 0 Å². The molecule has 102 valence electrons. The molecule has 2 rings (SSSR count). The van der Waals surface area contributed by atoms with Crippen LogP contribution in [0.3, 0.4) is 0 Å². The number of halogens is 1. The molecule has 5 heteroatoms. The van der Waals surface area contributed by atoms with Gasteiger partial charge in [-0.2, -0.15) is 0 Å². The number of nitrogens with zero attached hydrogens (tertiary/aromatic N) is 1. The summed E-state index contributed by atoms with van der Waals surface area (Å²) in [6.07, 6.45) is 2.64. The van der Waals surface area contributed by atoms with Gasteiger partial charge in [-0.25, -0.2) is 4.99 Å². The highest BCUT2D eigenvalue weighted by molar-refractivity contribution is 6.49. The van der Waals surface area contributed by atoms with E-state index < -0.39 is 5.91 Å². The molecule has 0 atom stereocenters. The lowest BCUT2D eigenvalue weighted by molar-refractivity contribution is -0.110. The molecule has 20 heavy (non-hydrogen) atoms. The zero-order valence-electron chi connectivity index (χ0n) is 11.0. The third kappa shape index (κ3) is 3.03. The van der Waals surface area contributed by atoms with E-state index in [9.17, 15) is 9.59 Å². The molecule has 0 fully saturated rings. The van der Waals surface area contributed by atoms with Crippen LogP contribution in [0.5, 0.6) is 5.75 Å². The number of hydrogen-bond donors (Lipinski definition) is 0. The van der Waals surface area contributed by atoms with Gasteiger partial charge in [0, 0.05) is 11.6 Å². The number of methoxy groups -OCH3 is 1. The van der Waals surface area contributed by atoms with E-state index in [1.807, 2.05) is 0 Å². The Morgan fingerprint density at radius 3 is 2.40 bits per heavy atom. The van der Waals surface area contributed by atoms with Gasteiger partial charge in [0.1, 0.15) is 5.75 Å². The van der Waals surface area contributed by atoms with Gasteiger partial charge in [-0.05, 0) is 42.8 Å². The Balaban J connectivity index is 2.29. The number of carbonyl (C=O) groups excluding carboxylic acids is 2. The molecule has 1 aliphatic rings. The van der Waals surface area contributed by atoms with E-state index in [1.54, 1.807) is 38.3 Å². The van der Waals surface area contributed by atoms with Crippen LogP contribution < -0.4 is 4.74 Å². The lowest BCUT2D eigenvalue weighted by atomic mass is 10.0. The minimum absolute atomic E-state index is 0.178. The lowest BCUT2D eigenvalue weighted by Gasteiger charge is -2.09. The fourth-order valence-corrected chi connectivity index (χ4v) is 2.05. The van der Waals surface area contributed by atoms with Gasteiger partial charge in [-0.3, -0.25) is 9.59 Å². The molecule has 0 aromatic heterocycles. The number of allylic oxidation sites excluding steroid dienone is 4. The van der Waals surface area contributed by atoms with Gasteiger partial charge in [0.25, 0.3) is 5.91 Å². The molecule has 1 aromatic carbocycles. The largest absolute Gasteiger partial charge is 0.497 e. The molecule has 0 radical (unpaired) electrons. The predicted molar refractivity (Wildman–Crippen MR) is 77.5 cm³/mol. The average molecular weight is 290 g/mol. The second-order valence-corrected chi connectivity index (χ2v) is 4.62. The molecule has 0 saturated carbocycles. The molecule has 1 aliphatic carbocycles. The SMILES string of the molecule is COc1ccc(C(=O)N=C2C(C)=CC(=O)C=C2Cl)cc1. The van der Waals surface area contributed by atoms with E-state index in [-0.39, 0.29) is 10.8 Å². The summed E-state index contributed by atoms with van der Waals surface area (Å²) in [6, 6.07) is 6.60. The molecule has 0 spiro atoms. The number of ketones is 1. The molecule has 0 heterocycles. The Morgan fingerprint density at radius 2 is 1.85 bits per heavy atom. The summed E-state index contributed by atoms with van der Waals surface area (Å²) in [5.41, 5.74) is 1.32. The highest BCUT2D eigenvalue weighted by Crippen LogP contribution is 2.19. The summed E-state index contributed by atoms with van der Waals surface area (Å²) in [5, 5.41) is 0.178. The molecular weight excluding hydrogens is 278 g/mol. The Hall–Kier alpha value is -2.20. The molecule has 0 unspecified atom stereocenters. The maximum absolute atomic E-state index is 12.1. The van der Waals surface area contributed by atoms with Crippen LogP contribution in [0.25, 0.3) is 0 Å². The van der Waals surface area contributed by atoms with E-state index in [0.29, 0.717) is 22.6 Å². The lowest BCUT2D eigenvalue weighted by Crippen LogP contribution is -2.12. The summed E-state index contributed by atoms with van der Waals surface area (Å²) in [5.74, 6) is 0.0334. The van der Waals surface area contributed by atoms with E-state index >= 15 is 0 Å². The van der Waals surface area contributed by atoms with Crippen LogP contribution in [0.1, 0.15) is 17.3 Å². The Kier molecular flexibility index (Phi) is 4.15. The van der Waals surface area contributed by atoms with Crippen molar-refractivity contribution in [2.75, 3.05) is 7.11 Å². The topological polar surface area (TPSA) is 55.7 Å². The van der Waals surface area contributed by atoms with Crippen LogP contribution in [0.4, 0.5) is 0 Å². The first kappa shape index (κ1) is 14.2. The summed E-state index contributed by atoms with van der Waals surface area (Å²) >= 11 is 5.95. The van der Waals surface area contributed by atoms with Gasteiger partial charge in [0.15, 0.2) is 5.78 Å². The summed E-state index contributed by atoms with van der Waals surface area (Å²) in [7, 11) is 1.55. The van der Waals surface area contributed by atoms with Crippen LogP contribution in [0.15, 0.2) is 52.0 Å². The van der Waals surface area contributed by atoms with Crippen molar-refractivity contribution in [2.24, 2.45) is 4.99 Å². The van der Waals surface area contributed by atoms with Crippen LogP contribution >= 0.6 is 11.6 Å². The zero-order chi connectivity index (χ0) is 14.7. The number of carbonyl (C=O) groups is 2. The van der Waals surface area contributed by atoms with Gasteiger partial charge in [0.05, 0.1) is 17.9 Å². The van der Waals surface area contributed by atoms with Crippen molar-refractivity contribution in [1.29, 1.82) is 0 Å². The third-order valence-electron chi connectivity index (χ3n) is 2.78. The first-order valence-corrected chi connectivity index (χ1v) is 6.26. The molecule has 4 nitrogen and oxygen atoms in total. The standard InChI is InChI=1S/C15H12ClNO3/c1-9-7-11(18)8-13(16)14(9)17-15(19)10-3-5-12(20-2)6-4-10/h3-8H,1-2H3. The van der Waals surface area contributed by atoms with Crippen molar-refractivity contribution in [1.82, 2.24) is 0 Å². The predicted octanol–water partition coefficient (Wildman–Crippen LogP) is 2.93. The van der Waals surface area contributed by atoms with Crippen molar-refractivity contribution in [3.63, 3.8) is 0 Å². The number of benzene rings is 1. The van der Waals surface area contributed by atoms with Crippen molar-refractivity contribution in [3.05, 3.63) is 52.6 Å². The Labute approximate surface area is 121 Å². The van der Waals surface area contributed by atoms with Gasteiger partial charge in [0.2, 0.25) is 0 Å². The molecule has 0 bridgehead atoms. The first-order valence-electron chi connectivity index (χ1n) is 5.88. The minimum atomic E-state index is -0.420. The van der Waals surface area contributed by atoms with E-state index in [2.05, 4.69) is 4.99 Å². The highest BCUT2D eigenvalue weighted by Gasteiger charge is 2.17. The molecule has 0 saturated heterocycles. The zero-order valence-corrected chi connectivity index (χ0v) is 11.8.